The lowest BCUT2D eigenvalue weighted by atomic mass is 9.94. The molecule has 4 rings (SSSR count). The molecule has 5 heteroatoms. The Morgan fingerprint density at radius 2 is 2.19 bits per heavy atom. The molecule has 0 bridgehead atoms. The van der Waals surface area contributed by atoms with Gasteiger partial charge in [-0.25, -0.2) is 15.0 Å². The van der Waals surface area contributed by atoms with Gasteiger partial charge in [-0.15, -0.1) is 0 Å². The van der Waals surface area contributed by atoms with Gasteiger partial charge in [0.1, 0.15) is 5.82 Å². The summed E-state index contributed by atoms with van der Waals surface area (Å²) in [7, 11) is 0. The van der Waals surface area contributed by atoms with Crippen LogP contribution in [0, 0.1) is 0 Å². The molecule has 1 aliphatic rings. The molecule has 0 saturated heterocycles. The van der Waals surface area contributed by atoms with Crippen molar-refractivity contribution in [2.24, 2.45) is 0 Å². The van der Waals surface area contributed by atoms with Gasteiger partial charge in [-0.3, -0.25) is 4.90 Å². The number of nitrogens with zero attached hydrogens (tertiary/aromatic N) is 4. The Hall–Kier alpha value is -2.79. The fraction of sp³-hybridized carbons (Fsp3) is 0.318. The molecule has 3 aromatic rings. The lowest BCUT2D eigenvalue weighted by Crippen LogP contribution is -2.36. The number of aromatic amines is 1. The number of fused-ring (bicyclic) bond motifs is 1. The number of benzene rings is 1. The van der Waals surface area contributed by atoms with Crippen LogP contribution in [0.2, 0.25) is 0 Å². The molecule has 3 heterocycles. The minimum atomic E-state index is 0.109. The number of aromatic nitrogens is 4. The molecule has 1 unspecified atom stereocenters. The summed E-state index contributed by atoms with van der Waals surface area (Å²) in [5.41, 5.74) is 5.75. The molecule has 0 spiro atoms. The average Bonchev–Trinajstić information content (AvgIpc) is 3.16. The van der Waals surface area contributed by atoms with E-state index in [-0.39, 0.29) is 6.04 Å². The zero-order valence-corrected chi connectivity index (χ0v) is 15.9. The molecule has 0 fully saturated rings. The van der Waals surface area contributed by atoms with Gasteiger partial charge in [0.2, 0.25) is 0 Å². The van der Waals surface area contributed by atoms with E-state index in [1.54, 1.807) is 6.33 Å². The summed E-state index contributed by atoms with van der Waals surface area (Å²) in [5.74, 6) is 1.22. The predicted molar refractivity (Wildman–Crippen MR) is 107 cm³/mol. The SMILES string of the molecule is C=Cc1cccc(C2c3nc[nH]c3CCN2Cc2ccnc(C(C)C)n2)c1. The molecule has 1 aromatic carbocycles. The van der Waals surface area contributed by atoms with Gasteiger partial charge in [-0.05, 0) is 23.3 Å². The summed E-state index contributed by atoms with van der Waals surface area (Å²) in [6.45, 7) is 9.89. The minimum absolute atomic E-state index is 0.109. The first kappa shape index (κ1) is 17.6. The monoisotopic (exact) mass is 359 g/mol. The van der Waals surface area contributed by atoms with Gasteiger partial charge in [-0.1, -0.05) is 44.7 Å². The van der Waals surface area contributed by atoms with Crippen LogP contribution in [0.3, 0.4) is 0 Å². The third-order valence-corrected chi connectivity index (χ3v) is 5.10. The van der Waals surface area contributed by atoms with Crippen LogP contribution in [0.25, 0.3) is 6.08 Å². The molecule has 0 radical (unpaired) electrons. The lowest BCUT2D eigenvalue weighted by Gasteiger charge is -2.35. The van der Waals surface area contributed by atoms with Gasteiger partial charge < -0.3 is 4.98 Å². The maximum atomic E-state index is 4.77. The van der Waals surface area contributed by atoms with Crippen molar-refractivity contribution >= 4 is 6.08 Å². The molecular formula is C22H25N5. The first-order valence-electron chi connectivity index (χ1n) is 9.46. The summed E-state index contributed by atoms with van der Waals surface area (Å²) in [6.07, 6.45) is 6.53. The number of imidazole rings is 1. The largest absolute Gasteiger partial charge is 0.348 e. The third-order valence-electron chi connectivity index (χ3n) is 5.10. The summed E-state index contributed by atoms with van der Waals surface area (Å²) in [6, 6.07) is 10.7. The van der Waals surface area contributed by atoms with Crippen LogP contribution in [-0.4, -0.2) is 31.4 Å². The van der Waals surface area contributed by atoms with Crippen LogP contribution in [0.5, 0.6) is 0 Å². The fourth-order valence-corrected chi connectivity index (χ4v) is 3.71. The number of rotatable bonds is 5. The molecule has 5 nitrogen and oxygen atoms in total. The third kappa shape index (κ3) is 3.55. The highest BCUT2D eigenvalue weighted by Gasteiger charge is 2.31. The van der Waals surface area contributed by atoms with Gasteiger partial charge in [-0.2, -0.15) is 0 Å². The quantitative estimate of drug-likeness (QED) is 0.745. The van der Waals surface area contributed by atoms with E-state index in [0.717, 1.165) is 42.3 Å². The maximum absolute atomic E-state index is 4.77. The fourth-order valence-electron chi connectivity index (χ4n) is 3.71. The van der Waals surface area contributed by atoms with Crippen molar-refractivity contribution in [2.45, 2.75) is 38.8 Å². The van der Waals surface area contributed by atoms with Gasteiger partial charge in [0.15, 0.2) is 0 Å². The van der Waals surface area contributed by atoms with E-state index in [1.807, 2.05) is 18.3 Å². The summed E-state index contributed by atoms with van der Waals surface area (Å²) in [5, 5.41) is 0. The molecule has 2 aromatic heterocycles. The van der Waals surface area contributed by atoms with Gasteiger partial charge in [0.05, 0.1) is 23.8 Å². The van der Waals surface area contributed by atoms with Crippen molar-refractivity contribution in [1.29, 1.82) is 0 Å². The Morgan fingerprint density at radius 3 is 3.00 bits per heavy atom. The van der Waals surface area contributed by atoms with Crippen molar-refractivity contribution in [3.63, 3.8) is 0 Å². The second-order valence-corrected chi connectivity index (χ2v) is 7.32. The van der Waals surface area contributed by atoms with Gasteiger partial charge >= 0.3 is 0 Å². The standard InChI is InChI=1S/C22H25N5/c1-4-16-6-5-7-17(12-16)21-20-19(24-14-25-20)9-11-27(21)13-18-8-10-23-22(26-18)15(2)3/h4-8,10,12,14-15,21H,1,9,11,13H2,2-3H3,(H,24,25). The Bertz CT molecular complexity index is 943. The van der Waals surface area contributed by atoms with Crippen LogP contribution in [0.15, 0.2) is 49.4 Å². The van der Waals surface area contributed by atoms with Crippen molar-refractivity contribution in [3.05, 3.63) is 83.5 Å². The van der Waals surface area contributed by atoms with Crippen LogP contribution in [0.4, 0.5) is 0 Å². The normalized spacial score (nSPS) is 17.1. The van der Waals surface area contributed by atoms with Crippen LogP contribution in [-0.2, 0) is 13.0 Å². The topological polar surface area (TPSA) is 57.7 Å². The molecule has 1 N–H and O–H groups in total. The molecule has 0 saturated carbocycles. The van der Waals surface area contributed by atoms with Crippen molar-refractivity contribution in [1.82, 2.24) is 24.8 Å². The zero-order chi connectivity index (χ0) is 18.8. The molecule has 0 amide bonds. The molecule has 1 aliphatic heterocycles. The van der Waals surface area contributed by atoms with Crippen molar-refractivity contribution in [3.8, 4) is 0 Å². The van der Waals surface area contributed by atoms with Crippen molar-refractivity contribution in [2.75, 3.05) is 6.54 Å². The first-order valence-corrected chi connectivity index (χ1v) is 9.46. The van der Waals surface area contributed by atoms with Gasteiger partial charge in [0.25, 0.3) is 0 Å². The molecule has 138 valence electrons. The van der Waals surface area contributed by atoms with Crippen molar-refractivity contribution < 1.29 is 0 Å². The van der Waals surface area contributed by atoms with E-state index in [0.29, 0.717) is 5.92 Å². The Balaban J connectivity index is 1.70. The Labute approximate surface area is 160 Å². The summed E-state index contributed by atoms with van der Waals surface area (Å²) >= 11 is 0. The lowest BCUT2D eigenvalue weighted by molar-refractivity contribution is 0.197. The average molecular weight is 359 g/mol. The summed E-state index contributed by atoms with van der Waals surface area (Å²) in [4.78, 5) is 19.6. The molecular weight excluding hydrogens is 334 g/mol. The minimum Gasteiger partial charge on any atom is -0.348 e. The van der Waals surface area contributed by atoms with Crippen LogP contribution in [0.1, 0.15) is 59.8 Å². The Kier molecular flexibility index (Phi) is 4.86. The molecule has 0 aliphatic carbocycles. The van der Waals surface area contributed by atoms with E-state index in [1.165, 1.54) is 11.3 Å². The van der Waals surface area contributed by atoms with Crippen LogP contribution >= 0.6 is 0 Å². The van der Waals surface area contributed by atoms with E-state index >= 15 is 0 Å². The highest BCUT2D eigenvalue weighted by molar-refractivity contribution is 5.49. The highest BCUT2D eigenvalue weighted by Crippen LogP contribution is 2.34. The number of hydrogen-bond acceptors (Lipinski definition) is 4. The second kappa shape index (κ2) is 7.45. The van der Waals surface area contributed by atoms with Crippen LogP contribution < -0.4 is 0 Å². The van der Waals surface area contributed by atoms with E-state index in [2.05, 4.69) is 64.5 Å². The Morgan fingerprint density at radius 1 is 1.30 bits per heavy atom. The highest BCUT2D eigenvalue weighted by atomic mass is 15.2. The smallest absolute Gasteiger partial charge is 0.131 e. The van der Waals surface area contributed by atoms with E-state index in [4.69, 9.17) is 4.98 Å². The zero-order valence-electron chi connectivity index (χ0n) is 15.9. The number of H-pyrrole nitrogens is 1. The maximum Gasteiger partial charge on any atom is 0.131 e. The molecule has 27 heavy (non-hydrogen) atoms. The first-order chi connectivity index (χ1) is 13.2. The summed E-state index contributed by atoms with van der Waals surface area (Å²) < 4.78 is 0. The number of hydrogen-bond donors (Lipinski definition) is 1. The van der Waals surface area contributed by atoms with E-state index in [9.17, 15) is 0 Å². The molecule has 1 atom stereocenters. The number of nitrogens with one attached hydrogen (secondary N) is 1. The second-order valence-electron chi connectivity index (χ2n) is 7.32. The van der Waals surface area contributed by atoms with E-state index < -0.39 is 0 Å². The predicted octanol–water partition coefficient (Wildman–Crippen LogP) is 4.11. The van der Waals surface area contributed by atoms with Gasteiger partial charge in [0, 0.05) is 37.3 Å².